The third-order valence-electron chi connectivity index (χ3n) is 2.93. The molecule has 0 saturated carbocycles. The van der Waals surface area contributed by atoms with Crippen LogP contribution in [0, 0.1) is 5.92 Å². The topological polar surface area (TPSA) is 21.3 Å². The summed E-state index contributed by atoms with van der Waals surface area (Å²) in [4.78, 5) is 0. The van der Waals surface area contributed by atoms with Crippen molar-refractivity contribution in [2.45, 2.75) is 31.7 Å². The van der Waals surface area contributed by atoms with Gasteiger partial charge in [-0.2, -0.15) is 0 Å². The van der Waals surface area contributed by atoms with Crippen molar-refractivity contribution in [3.8, 4) is 0 Å². The number of hydrogen-bond donors (Lipinski definition) is 1. The molecule has 0 spiro atoms. The van der Waals surface area contributed by atoms with Crippen LogP contribution in [0.25, 0.3) is 0 Å². The van der Waals surface area contributed by atoms with Crippen LogP contribution in [0.2, 0.25) is 0 Å². The molecule has 1 N–H and O–H groups in total. The Kier molecular flexibility index (Phi) is 2.44. The van der Waals surface area contributed by atoms with Gasteiger partial charge < -0.3 is 10.1 Å². The summed E-state index contributed by atoms with van der Waals surface area (Å²) in [5.41, 5.74) is 0. The molecular formula is C9H17NO. The van der Waals surface area contributed by atoms with Crippen LogP contribution in [0.4, 0.5) is 0 Å². The Balaban J connectivity index is 1.82. The summed E-state index contributed by atoms with van der Waals surface area (Å²) in [5, 5.41) is 3.57. The van der Waals surface area contributed by atoms with E-state index in [1.807, 2.05) is 0 Å². The van der Waals surface area contributed by atoms with E-state index in [0.717, 1.165) is 25.2 Å². The lowest BCUT2D eigenvalue weighted by atomic mass is 9.91. The predicted molar refractivity (Wildman–Crippen MR) is 44.6 cm³/mol. The number of hydrogen-bond acceptors (Lipinski definition) is 2. The molecule has 2 heteroatoms. The highest BCUT2D eigenvalue weighted by molar-refractivity contribution is 4.82. The fraction of sp³-hybridized carbons (Fsp3) is 1.00. The zero-order valence-electron chi connectivity index (χ0n) is 7.01. The van der Waals surface area contributed by atoms with Crippen LogP contribution in [0.1, 0.15) is 25.7 Å². The minimum Gasteiger partial charge on any atom is -0.381 e. The fourth-order valence-electron chi connectivity index (χ4n) is 2.23. The van der Waals surface area contributed by atoms with Gasteiger partial charge in [0.05, 0.1) is 0 Å². The Bertz CT molecular complexity index is 115. The number of ether oxygens (including phenoxy) is 1. The maximum atomic E-state index is 5.33. The normalized spacial score (nSPS) is 34.4. The molecule has 0 radical (unpaired) electrons. The highest BCUT2D eigenvalue weighted by Crippen LogP contribution is 2.23. The van der Waals surface area contributed by atoms with Gasteiger partial charge >= 0.3 is 0 Å². The molecule has 2 rings (SSSR count). The molecule has 0 aromatic rings. The van der Waals surface area contributed by atoms with Crippen molar-refractivity contribution >= 4 is 0 Å². The van der Waals surface area contributed by atoms with E-state index in [1.54, 1.807) is 0 Å². The molecule has 0 aromatic heterocycles. The number of rotatable bonds is 1. The van der Waals surface area contributed by atoms with E-state index in [-0.39, 0.29) is 0 Å². The summed E-state index contributed by atoms with van der Waals surface area (Å²) >= 11 is 0. The van der Waals surface area contributed by atoms with Crippen molar-refractivity contribution in [2.75, 3.05) is 19.8 Å². The van der Waals surface area contributed by atoms with Gasteiger partial charge in [0.2, 0.25) is 0 Å². The maximum Gasteiger partial charge on any atom is 0.0469 e. The lowest BCUT2D eigenvalue weighted by Crippen LogP contribution is -2.34. The monoisotopic (exact) mass is 155 g/mol. The third kappa shape index (κ3) is 1.74. The zero-order chi connectivity index (χ0) is 7.52. The molecule has 0 unspecified atom stereocenters. The van der Waals surface area contributed by atoms with Crippen LogP contribution in [-0.4, -0.2) is 25.8 Å². The Morgan fingerprint density at radius 3 is 2.55 bits per heavy atom. The Morgan fingerprint density at radius 2 is 1.91 bits per heavy atom. The fourth-order valence-corrected chi connectivity index (χ4v) is 2.23. The summed E-state index contributed by atoms with van der Waals surface area (Å²) < 4.78 is 5.33. The molecule has 0 bridgehead atoms. The van der Waals surface area contributed by atoms with E-state index >= 15 is 0 Å². The second-order valence-corrected chi connectivity index (χ2v) is 3.65. The highest BCUT2D eigenvalue weighted by atomic mass is 16.5. The Labute approximate surface area is 68.3 Å². The third-order valence-corrected chi connectivity index (χ3v) is 2.93. The lowest BCUT2D eigenvalue weighted by Gasteiger charge is -2.27. The molecule has 0 aliphatic carbocycles. The molecular weight excluding hydrogens is 138 g/mol. The second-order valence-electron chi connectivity index (χ2n) is 3.65. The van der Waals surface area contributed by atoms with Gasteiger partial charge in [0.15, 0.2) is 0 Å². The van der Waals surface area contributed by atoms with Gasteiger partial charge in [0.25, 0.3) is 0 Å². The predicted octanol–water partition coefficient (Wildman–Crippen LogP) is 1.17. The molecule has 0 aromatic carbocycles. The van der Waals surface area contributed by atoms with Crippen molar-refractivity contribution < 1.29 is 4.74 Å². The van der Waals surface area contributed by atoms with E-state index in [4.69, 9.17) is 4.74 Å². The molecule has 2 saturated heterocycles. The van der Waals surface area contributed by atoms with Crippen LogP contribution in [0.3, 0.4) is 0 Å². The molecule has 2 aliphatic rings. The maximum absolute atomic E-state index is 5.33. The molecule has 2 fully saturated rings. The SMILES string of the molecule is C1CN[C@@H](C2CCOCC2)C1. The first-order valence-corrected chi connectivity index (χ1v) is 4.78. The van der Waals surface area contributed by atoms with E-state index < -0.39 is 0 Å². The molecule has 2 heterocycles. The summed E-state index contributed by atoms with van der Waals surface area (Å²) in [6, 6.07) is 0.818. The van der Waals surface area contributed by atoms with Gasteiger partial charge in [-0.15, -0.1) is 0 Å². The van der Waals surface area contributed by atoms with Gasteiger partial charge in [0, 0.05) is 19.3 Å². The number of nitrogens with one attached hydrogen (secondary N) is 1. The van der Waals surface area contributed by atoms with Gasteiger partial charge in [0.1, 0.15) is 0 Å². The van der Waals surface area contributed by atoms with E-state index in [2.05, 4.69) is 5.32 Å². The van der Waals surface area contributed by atoms with Gasteiger partial charge in [-0.3, -0.25) is 0 Å². The van der Waals surface area contributed by atoms with Crippen molar-refractivity contribution in [1.82, 2.24) is 5.32 Å². The first-order valence-electron chi connectivity index (χ1n) is 4.78. The average Bonchev–Trinajstić information content (AvgIpc) is 2.58. The van der Waals surface area contributed by atoms with Crippen LogP contribution >= 0.6 is 0 Å². The smallest absolute Gasteiger partial charge is 0.0469 e. The second kappa shape index (κ2) is 3.55. The van der Waals surface area contributed by atoms with Crippen molar-refractivity contribution in [1.29, 1.82) is 0 Å². The quantitative estimate of drug-likeness (QED) is 0.613. The van der Waals surface area contributed by atoms with Crippen molar-refractivity contribution in [2.24, 2.45) is 5.92 Å². The molecule has 11 heavy (non-hydrogen) atoms. The van der Waals surface area contributed by atoms with Crippen LogP contribution in [-0.2, 0) is 4.74 Å². The summed E-state index contributed by atoms with van der Waals surface area (Å²) in [5.74, 6) is 0.909. The summed E-state index contributed by atoms with van der Waals surface area (Å²) in [6.45, 7) is 3.22. The van der Waals surface area contributed by atoms with Crippen LogP contribution in [0.5, 0.6) is 0 Å². The standard InChI is InChI=1S/C9H17NO/c1-2-9(10-5-1)8-3-6-11-7-4-8/h8-10H,1-7H2/t9-/m1/s1. The first kappa shape index (κ1) is 7.56. The molecule has 1 atom stereocenters. The van der Waals surface area contributed by atoms with Crippen molar-refractivity contribution in [3.63, 3.8) is 0 Å². The summed E-state index contributed by atoms with van der Waals surface area (Å²) in [7, 11) is 0. The van der Waals surface area contributed by atoms with Gasteiger partial charge in [-0.05, 0) is 38.1 Å². The minimum atomic E-state index is 0.818. The van der Waals surface area contributed by atoms with Gasteiger partial charge in [-0.25, -0.2) is 0 Å². The van der Waals surface area contributed by atoms with E-state index in [1.165, 1.54) is 32.2 Å². The molecule has 64 valence electrons. The molecule has 2 nitrogen and oxygen atoms in total. The lowest BCUT2D eigenvalue weighted by molar-refractivity contribution is 0.0562. The Hall–Kier alpha value is -0.0800. The van der Waals surface area contributed by atoms with E-state index in [9.17, 15) is 0 Å². The Morgan fingerprint density at radius 1 is 1.09 bits per heavy atom. The minimum absolute atomic E-state index is 0.818. The van der Waals surface area contributed by atoms with E-state index in [0.29, 0.717) is 0 Å². The van der Waals surface area contributed by atoms with Gasteiger partial charge in [-0.1, -0.05) is 0 Å². The first-order chi connectivity index (χ1) is 5.47. The molecule has 0 amide bonds. The van der Waals surface area contributed by atoms with Crippen molar-refractivity contribution in [3.05, 3.63) is 0 Å². The highest BCUT2D eigenvalue weighted by Gasteiger charge is 2.25. The van der Waals surface area contributed by atoms with Crippen LogP contribution < -0.4 is 5.32 Å². The largest absolute Gasteiger partial charge is 0.381 e. The zero-order valence-corrected chi connectivity index (χ0v) is 7.01. The average molecular weight is 155 g/mol. The molecule has 2 aliphatic heterocycles. The van der Waals surface area contributed by atoms with Crippen LogP contribution in [0.15, 0.2) is 0 Å². The summed E-state index contributed by atoms with van der Waals surface area (Å²) in [6.07, 6.45) is 5.32.